The largest absolute Gasteiger partial charge is 0.350 e. The van der Waals surface area contributed by atoms with E-state index in [9.17, 15) is 9.59 Å². The second-order valence-corrected chi connectivity index (χ2v) is 7.35. The van der Waals surface area contributed by atoms with Gasteiger partial charge in [-0.1, -0.05) is 19.8 Å². The molecular formula is C14H23BrClN3O2S. The Balaban J connectivity index is 0.00000441. The Morgan fingerprint density at radius 1 is 1.36 bits per heavy atom. The van der Waals surface area contributed by atoms with Gasteiger partial charge in [-0.05, 0) is 41.4 Å². The molecule has 1 heterocycles. The summed E-state index contributed by atoms with van der Waals surface area (Å²) in [6.07, 6.45) is 2.94. The Labute approximate surface area is 150 Å². The molecule has 5 nitrogen and oxygen atoms in total. The molecule has 4 N–H and O–H groups in total. The van der Waals surface area contributed by atoms with Crippen LogP contribution >= 0.6 is 39.7 Å². The maximum Gasteiger partial charge on any atom is 0.262 e. The molecule has 0 bridgehead atoms. The summed E-state index contributed by atoms with van der Waals surface area (Å²) in [5.41, 5.74) is 5.65. The Kier molecular flexibility index (Phi) is 10.7. The zero-order valence-corrected chi connectivity index (χ0v) is 15.9. The first-order valence-corrected chi connectivity index (χ1v) is 8.65. The molecule has 0 spiro atoms. The predicted octanol–water partition coefficient (Wildman–Crippen LogP) is 2.68. The van der Waals surface area contributed by atoms with Crippen LogP contribution in [-0.2, 0) is 4.79 Å². The fraction of sp³-hybridized carbons (Fsp3) is 0.571. The Morgan fingerprint density at radius 2 is 2.05 bits per heavy atom. The zero-order valence-electron chi connectivity index (χ0n) is 12.7. The van der Waals surface area contributed by atoms with E-state index in [4.69, 9.17) is 5.73 Å². The van der Waals surface area contributed by atoms with Crippen LogP contribution in [0.4, 0.5) is 0 Å². The fourth-order valence-electron chi connectivity index (χ4n) is 1.80. The number of amides is 2. The summed E-state index contributed by atoms with van der Waals surface area (Å²) in [5.74, 6) is -0.447. The van der Waals surface area contributed by atoms with Gasteiger partial charge in [-0.25, -0.2) is 0 Å². The van der Waals surface area contributed by atoms with Crippen molar-refractivity contribution in [3.63, 3.8) is 0 Å². The van der Waals surface area contributed by atoms with Gasteiger partial charge in [0.25, 0.3) is 5.91 Å². The van der Waals surface area contributed by atoms with E-state index in [1.807, 2.05) is 0 Å². The minimum absolute atomic E-state index is 0. The van der Waals surface area contributed by atoms with Gasteiger partial charge in [0.2, 0.25) is 5.91 Å². The number of carbonyl (C=O) groups excluding carboxylic acids is 2. The average Bonchev–Trinajstić information content (AvgIpc) is 2.89. The number of unbranched alkanes of at least 4 members (excludes halogenated alkanes) is 1. The molecule has 0 saturated carbocycles. The van der Waals surface area contributed by atoms with Crippen molar-refractivity contribution < 1.29 is 9.59 Å². The van der Waals surface area contributed by atoms with Crippen LogP contribution in [0.1, 0.15) is 42.8 Å². The van der Waals surface area contributed by atoms with Gasteiger partial charge in [-0.3, -0.25) is 9.59 Å². The Morgan fingerprint density at radius 3 is 2.55 bits per heavy atom. The van der Waals surface area contributed by atoms with Crippen molar-refractivity contribution in [2.45, 2.75) is 45.2 Å². The highest BCUT2D eigenvalue weighted by molar-refractivity contribution is 9.11. The van der Waals surface area contributed by atoms with Gasteiger partial charge in [0.1, 0.15) is 6.04 Å². The first-order valence-electron chi connectivity index (χ1n) is 7.04. The maximum absolute atomic E-state index is 12.1. The first kappa shape index (κ1) is 21.4. The highest BCUT2D eigenvalue weighted by atomic mass is 79.9. The van der Waals surface area contributed by atoms with E-state index in [1.165, 1.54) is 11.3 Å². The molecule has 2 atom stereocenters. The van der Waals surface area contributed by atoms with E-state index in [1.54, 1.807) is 19.1 Å². The van der Waals surface area contributed by atoms with Crippen LogP contribution in [0.2, 0.25) is 0 Å². The van der Waals surface area contributed by atoms with Crippen molar-refractivity contribution in [1.29, 1.82) is 0 Å². The van der Waals surface area contributed by atoms with Crippen LogP contribution in [0, 0.1) is 0 Å². The van der Waals surface area contributed by atoms with Crippen molar-refractivity contribution in [2.24, 2.45) is 5.73 Å². The lowest BCUT2D eigenvalue weighted by Crippen LogP contribution is -2.49. The fourth-order valence-corrected chi connectivity index (χ4v) is 3.08. The van der Waals surface area contributed by atoms with Crippen molar-refractivity contribution >= 4 is 51.5 Å². The Bertz CT molecular complexity index is 484. The number of thiophene rings is 1. The number of carbonyl (C=O) groups is 2. The molecule has 8 heteroatoms. The number of hydrogen-bond acceptors (Lipinski definition) is 4. The lowest BCUT2D eigenvalue weighted by atomic mass is 10.1. The predicted molar refractivity (Wildman–Crippen MR) is 96.7 cm³/mol. The average molecular weight is 413 g/mol. The van der Waals surface area contributed by atoms with Gasteiger partial charge in [-0.2, -0.15) is 0 Å². The molecule has 1 aromatic rings. The smallest absolute Gasteiger partial charge is 0.262 e. The minimum Gasteiger partial charge on any atom is -0.350 e. The number of rotatable bonds is 8. The molecule has 0 aliphatic rings. The molecule has 2 unspecified atom stereocenters. The lowest BCUT2D eigenvalue weighted by Gasteiger charge is -2.20. The third kappa shape index (κ3) is 7.09. The molecule has 0 saturated heterocycles. The van der Waals surface area contributed by atoms with Crippen molar-refractivity contribution in [3.05, 3.63) is 20.8 Å². The molecule has 1 aromatic heterocycles. The van der Waals surface area contributed by atoms with Gasteiger partial charge in [-0.15, -0.1) is 23.7 Å². The van der Waals surface area contributed by atoms with Gasteiger partial charge in [0.05, 0.1) is 8.66 Å². The first-order chi connectivity index (χ1) is 9.97. The molecule has 0 aliphatic carbocycles. The summed E-state index contributed by atoms with van der Waals surface area (Å²) in [6.45, 7) is 4.17. The molecule has 0 aliphatic heterocycles. The highest BCUT2D eigenvalue weighted by Gasteiger charge is 2.19. The standard InChI is InChI=1S/C14H22BrN3O2S.ClH/c1-3-4-5-10(8-16)18-13(19)9(2)17-14(20)11-6-7-12(15)21-11;/h6-7,9-10H,3-5,8,16H2,1-2H3,(H,17,20)(H,18,19);1H. The maximum atomic E-state index is 12.1. The molecule has 2 amide bonds. The van der Waals surface area contributed by atoms with E-state index < -0.39 is 6.04 Å². The molecule has 0 fully saturated rings. The number of nitrogens with two attached hydrogens (primary N) is 1. The summed E-state index contributed by atoms with van der Waals surface area (Å²) in [5, 5.41) is 5.57. The van der Waals surface area contributed by atoms with E-state index in [0.717, 1.165) is 23.0 Å². The highest BCUT2D eigenvalue weighted by Crippen LogP contribution is 2.21. The van der Waals surface area contributed by atoms with Gasteiger partial charge < -0.3 is 16.4 Å². The summed E-state index contributed by atoms with van der Waals surface area (Å²) in [4.78, 5) is 24.6. The molecule has 22 heavy (non-hydrogen) atoms. The van der Waals surface area contributed by atoms with E-state index >= 15 is 0 Å². The van der Waals surface area contributed by atoms with E-state index in [2.05, 4.69) is 33.5 Å². The van der Waals surface area contributed by atoms with E-state index in [-0.39, 0.29) is 30.3 Å². The summed E-state index contributed by atoms with van der Waals surface area (Å²) in [7, 11) is 0. The third-order valence-corrected chi connectivity index (χ3v) is 4.70. The van der Waals surface area contributed by atoms with Crippen LogP contribution in [0.5, 0.6) is 0 Å². The van der Waals surface area contributed by atoms with Gasteiger partial charge in [0.15, 0.2) is 0 Å². The summed E-state index contributed by atoms with van der Waals surface area (Å²) >= 11 is 4.64. The number of nitrogens with one attached hydrogen (secondary N) is 2. The monoisotopic (exact) mass is 411 g/mol. The lowest BCUT2D eigenvalue weighted by molar-refractivity contribution is -0.123. The third-order valence-electron chi connectivity index (χ3n) is 3.07. The summed E-state index contributed by atoms with van der Waals surface area (Å²) in [6, 6.07) is 2.90. The molecular weight excluding hydrogens is 390 g/mol. The topological polar surface area (TPSA) is 84.2 Å². The minimum atomic E-state index is -0.589. The zero-order chi connectivity index (χ0) is 15.8. The van der Waals surface area contributed by atoms with E-state index in [0.29, 0.717) is 11.4 Å². The van der Waals surface area contributed by atoms with Crippen LogP contribution in [0.3, 0.4) is 0 Å². The molecule has 0 aromatic carbocycles. The van der Waals surface area contributed by atoms with Crippen LogP contribution in [0.25, 0.3) is 0 Å². The SMILES string of the molecule is CCCCC(CN)NC(=O)C(C)NC(=O)c1ccc(Br)s1.Cl. The van der Waals surface area contributed by atoms with Crippen LogP contribution in [0.15, 0.2) is 15.9 Å². The number of halogens is 2. The van der Waals surface area contributed by atoms with Crippen LogP contribution < -0.4 is 16.4 Å². The van der Waals surface area contributed by atoms with Crippen molar-refractivity contribution in [2.75, 3.05) is 6.54 Å². The normalized spacial score (nSPS) is 12.9. The quantitative estimate of drug-likeness (QED) is 0.614. The van der Waals surface area contributed by atoms with Crippen LogP contribution in [-0.4, -0.2) is 30.4 Å². The molecule has 1 rings (SSSR count). The van der Waals surface area contributed by atoms with Crippen molar-refractivity contribution in [1.82, 2.24) is 10.6 Å². The van der Waals surface area contributed by atoms with Crippen molar-refractivity contribution in [3.8, 4) is 0 Å². The van der Waals surface area contributed by atoms with Gasteiger partial charge in [0, 0.05) is 12.6 Å². The second-order valence-electron chi connectivity index (χ2n) is 4.88. The van der Waals surface area contributed by atoms with Gasteiger partial charge >= 0.3 is 0 Å². The molecule has 126 valence electrons. The Hall–Kier alpha value is -0.630. The summed E-state index contributed by atoms with van der Waals surface area (Å²) < 4.78 is 0.882. The number of hydrogen-bond donors (Lipinski definition) is 3. The second kappa shape index (κ2) is 11.0. The molecule has 0 radical (unpaired) electrons.